The third kappa shape index (κ3) is 3.65. The molecule has 0 aliphatic rings. The van der Waals surface area contributed by atoms with Crippen molar-refractivity contribution in [1.82, 2.24) is 9.97 Å². The number of hydrogen-bond donors (Lipinski definition) is 0. The summed E-state index contributed by atoms with van der Waals surface area (Å²) in [4.78, 5) is 9.22. The van der Waals surface area contributed by atoms with Gasteiger partial charge < -0.3 is 0 Å². The highest BCUT2D eigenvalue weighted by Gasteiger charge is 2.17. The predicted molar refractivity (Wildman–Crippen MR) is 167 cm³/mol. The maximum absolute atomic E-state index is 4.61. The lowest BCUT2D eigenvalue weighted by Gasteiger charge is -2.18. The van der Waals surface area contributed by atoms with Gasteiger partial charge in [-0.05, 0) is 97.0 Å². The summed E-state index contributed by atoms with van der Waals surface area (Å²) in [5, 5.41) is 7.70. The van der Waals surface area contributed by atoms with Crippen molar-refractivity contribution in [1.29, 1.82) is 0 Å². The zero-order valence-electron chi connectivity index (χ0n) is 21.8. The first-order chi connectivity index (χ1) is 19.8. The highest BCUT2D eigenvalue weighted by atomic mass is 14.7. The summed E-state index contributed by atoms with van der Waals surface area (Å²) < 4.78 is 0. The van der Waals surface area contributed by atoms with E-state index in [0.29, 0.717) is 0 Å². The first-order valence-corrected chi connectivity index (χ1v) is 13.6. The Bertz CT molecular complexity index is 2000. The van der Waals surface area contributed by atoms with Gasteiger partial charge in [0, 0.05) is 23.5 Å². The van der Waals surface area contributed by atoms with Gasteiger partial charge >= 0.3 is 0 Å². The molecule has 0 atom stereocenters. The van der Waals surface area contributed by atoms with Gasteiger partial charge in [-0.15, -0.1) is 0 Å². The molecule has 0 aliphatic carbocycles. The Morgan fingerprint density at radius 3 is 1.35 bits per heavy atom. The van der Waals surface area contributed by atoms with Crippen molar-refractivity contribution in [3.8, 4) is 44.8 Å². The number of rotatable bonds is 4. The van der Waals surface area contributed by atoms with Gasteiger partial charge in [0.25, 0.3) is 0 Å². The third-order valence-corrected chi connectivity index (χ3v) is 7.91. The van der Waals surface area contributed by atoms with E-state index in [9.17, 15) is 0 Å². The maximum Gasteiger partial charge on any atom is 0.0702 e. The molecular formula is C38H24N2. The quantitative estimate of drug-likeness (QED) is 0.221. The van der Waals surface area contributed by atoms with E-state index in [1.54, 1.807) is 0 Å². The summed E-state index contributed by atoms with van der Waals surface area (Å²) >= 11 is 0. The standard InChI is InChI=1S/C38H24N2/c1-3-20-39-35(14-1)29-12-6-10-27(22-29)33-24-34(28-11-7-13-30(23-28)36-15-2-4-21-40-36)32-19-17-26-9-5-8-25-16-18-31(33)38(32)37(25)26/h1-24H. The van der Waals surface area contributed by atoms with Gasteiger partial charge in [0.05, 0.1) is 11.4 Å². The van der Waals surface area contributed by atoms with E-state index in [1.165, 1.54) is 54.6 Å². The van der Waals surface area contributed by atoms with E-state index < -0.39 is 0 Å². The summed E-state index contributed by atoms with van der Waals surface area (Å²) in [6.45, 7) is 0. The van der Waals surface area contributed by atoms with Crippen LogP contribution in [-0.4, -0.2) is 9.97 Å². The molecule has 0 radical (unpaired) electrons. The number of aromatic nitrogens is 2. The molecule has 0 bridgehead atoms. The van der Waals surface area contributed by atoms with Crippen molar-refractivity contribution in [3.05, 3.63) is 146 Å². The van der Waals surface area contributed by atoms with E-state index in [2.05, 4.69) is 119 Å². The highest BCUT2D eigenvalue weighted by Crippen LogP contribution is 2.44. The van der Waals surface area contributed by atoms with Crippen molar-refractivity contribution in [2.75, 3.05) is 0 Å². The van der Waals surface area contributed by atoms with Crippen LogP contribution in [0, 0.1) is 0 Å². The number of nitrogens with zero attached hydrogens (tertiary/aromatic N) is 2. The van der Waals surface area contributed by atoms with Gasteiger partial charge in [0.2, 0.25) is 0 Å². The molecule has 0 unspecified atom stereocenters. The molecule has 0 saturated heterocycles. The van der Waals surface area contributed by atoms with E-state index >= 15 is 0 Å². The lowest BCUT2D eigenvalue weighted by atomic mass is 9.85. The van der Waals surface area contributed by atoms with Crippen LogP contribution in [0.1, 0.15) is 0 Å². The number of hydrogen-bond acceptors (Lipinski definition) is 2. The van der Waals surface area contributed by atoms with Gasteiger partial charge in [0.1, 0.15) is 0 Å². The second kappa shape index (κ2) is 9.14. The molecule has 40 heavy (non-hydrogen) atoms. The van der Waals surface area contributed by atoms with Crippen molar-refractivity contribution in [3.63, 3.8) is 0 Å². The monoisotopic (exact) mass is 508 g/mol. The molecule has 186 valence electrons. The molecule has 2 nitrogen and oxygen atoms in total. The molecule has 0 amide bonds. The molecule has 0 N–H and O–H groups in total. The Balaban J connectivity index is 1.44. The average molecular weight is 509 g/mol. The van der Waals surface area contributed by atoms with Crippen LogP contribution in [0.25, 0.3) is 77.1 Å². The van der Waals surface area contributed by atoms with Crippen LogP contribution >= 0.6 is 0 Å². The molecule has 2 heteroatoms. The second-order valence-corrected chi connectivity index (χ2v) is 10.2. The van der Waals surface area contributed by atoms with Crippen LogP contribution in [-0.2, 0) is 0 Å². The smallest absolute Gasteiger partial charge is 0.0702 e. The zero-order valence-corrected chi connectivity index (χ0v) is 21.8. The predicted octanol–water partition coefficient (Wildman–Crippen LogP) is 10.0. The first kappa shape index (κ1) is 22.6. The Morgan fingerprint density at radius 2 is 0.850 bits per heavy atom. The van der Waals surface area contributed by atoms with Crippen LogP contribution in [0.15, 0.2) is 146 Å². The Hall–Kier alpha value is -5.34. The molecule has 6 aromatic carbocycles. The molecule has 2 heterocycles. The minimum atomic E-state index is 0.977. The molecular weight excluding hydrogens is 484 g/mol. The zero-order chi connectivity index (χ0) is 26.5. The topological polar surface area (TPSA) is 25.8 Å². The largest absolute Gasteiger partial charge is 0.256 e. The molecule has 8 rings (SSSR count). The summed E-state index contributed by atoms with van der Waals surface area (Å²) in [5.74, 6) is 0. The van der Waals surface area contributed by atoms with E-state index in [4.69, 9.17) is 0 Å². The second-order valence-electron chi connectivity index (χ2n) is 10.2. The van der Waals surface area contributed by atoms with Crippen molar-refractivity contribution >= 4 is 32.3 Å². The number of benzene rings is 6. The number of pyridine rings is 2. The van der Waals surface area contributed by atoms with Gasteiger partial charge in [-0.1, -0.05) is 91.0 Å². The van der Waals surface area contributed by atoms with Crippen molar-refractivity contribution < 1.29 is 0 Å². The minimum Gasteiger partial charge on any atom is -0.256 e. The van der Waals surface area contributed by atoms with Crippen LogP contribution < -0.4 is 0 Å². The highest BCUT2D eigenvalue weighted by molar-refractivity contribution is 6.28. The fourth-order valence-corrected chi connectivity index (χ4v) is 6.07. The van der Waals surface area contributed by atoms with E-state index in [-0.39, 0.29) is 0 Å². The fourth-order valence-electron chi connectivity index (χ4n) is 6.07. The summed E-state index contributed by atoms with van der Waals surface area (Å²) in [7, 11) is 0. The Labute approximate surface area is 232 Å². The summed E-state index contributed by atoms with van der Waals surface area (Å²) in [5.41, 5.74) is 9.00. The maximum atomic E-state index is 4.61. The average Bonchev–Trinajstić information content (AvgIpc) is 3.04. The SMILES string of the molecule is c1ccc(-c2cccc(-c3cc(-c4cccc(-c5ccccn5)c4)c4ccc5cccc6ccc3c4c65)c2)nc1. The van der Waals surface area contributed by atoms with Crippen LogP contribution in [0.5, 0.6) is 0 Å². The molecule has 0 spiro atoms. The Kier molecular flexibility index (Phi) is 5.17. The van der Waals surface area contributed by atoms with Crippen LogP contribution in [0.2, 0.25) is 0 Å². The molecule has 0 aliphatic heterocycles. The van der Waals surface area contributed by atoms with E-state index in [1.807, 2.05) is 36.7 Å². The Morgan fingerprint density at radius 1 is 0.350 bits per heavy atom. The fraction of sp³-hybridized carbons (Fsp3) is 0. The minimum absolute atomic E-state index is 0.977. The van der Waals surface area contributed by atoms with Gasteiger partial charge in [-0.2, -0.15) is 0 Å². The molecule has 0 saturated carbocycles. The summed E-state index contributed by atoms with van der Waals surface area (Å²) in [6, 6.07) is 47.7. The van der Waals surface area contributed by atoms with E-state index in [0.717, 1.165) is 22.5 Å². The normalized spacial score (nSPS) is 11.5. The molecule has 2 aromatic heterocycles. The molecule has 8 aromatic rings. The third-order valence-electron chi connectivity index (χ3n) is 7.91. The van der Waals surface area contributed by atoms with Crippen LogP contribution in [0.4, 0.5) is 0 Å². The lowest BCUT2D eigenvalue weighted by molar-refractivity contribution is 1.33. The van der Waals surface area contributed by atoms with Gasteiger partial charge in [-0.3, -0.25) is 9.97 Å². The summed E-state index contributed by atoms with van der Waals surface area (Å²) in [6.07, 6.45) is 3.70. The lowest BCUT2D eigenvalue weighted by Crippen LogP contribution is -1.92. The van der Waals surface area contributed by atoms with Crippen LogP contribution in [0.3, 0.4) is 0 Å². The molecule has 0 fully saturated rings. The van der Waals surface area contributed by atoms with Gasteiger partial charge in [0.15, 0.2) is 0 Å². The van der Waals surface area contributed by atoms with Crippen molar-refractivity contribution in [2.24, 2.45) is 0 Å². The first-order valence-electron chi connectivity index (χ1n) is 13.6. The van der Waals surface area contributed by atoms with Crippen molar-refractivity contribution in [2.45, 2.75) is 0 Å². The van der Waals surface area contributed by atoms with Gasteiger partial charge in [-0.25, -0.2) is 0 Å².